The highest BCUT2D eigenvalue weighted by Crippen LogP contribution is 2.36. The van der Waals surface area contributed by atoms with Crippen molar-refractivity contribution in [2.45, 2.75) is 105 Å². The number of anilines is 1. The van der Waals surface area contributed by atoms with Gasteiger partial charge in [0.25, 0.3) is 0 Å². The number of aromatic nitrogens is 2. The molecule has 1 saturated carbocycles. The average Bonchev–Trinajstić information content (AvgIpc) is 2.87. The summed E-state index contributed by atoms with van der Waals surface area (Å²) in [6, 6.07) is 7.59. The molecular formula is C30H41F3N4. The number of alkyl halides is 3. The van der Waals surface area contributed by atoms with Gasteiger partial charge >= 0.3 is 6.18 Å². The highest BCUT2D eigenvalue weighted by atomic mass is 19.4. The number of hydrogen-bond acceptors (Lipinski definition) is 4. The topological polar surface area (TPSA) is 50.2 Å². The molecule has 0 radical (unpaired) electrons. The molecule has 1 aliphatic carbocycles. The number of hydrogen-bond donors (Lipinski definition) is 1. The van der Waals surface area contributed by atoms with Crippen LogP contribution >= 0.6 is 0 Å². The number of halogens is 3. The number of rotatable bonds is 10. The van der Waals surface area contributed by atoms with Crippen LogP contribution in [0.5, 0.6) is 0 Å². The van der Waals surface area contributed by atoms with E-state index in [1.54, 1.807) is 18.3 Å². The lowest BCUT2D eigenvalue weighted by molar-refractivity contribution is -0.137. The lowest BCUT2D eigenvalue weighted by Gasteiger charge is -2.29. The number of benzene rings is 1. The van der Waals surface area contributed by atoms with Gasteiger partial charge in [-0.25, -0.2) is 9.97 Å². The van der Waals surface area contributed by atoms with Crippen LogP contribution in [0.3, 0.4) is 0 Å². The van der Waals surface area contributed by atoms with Crippen molar-refractivity contribution < 1.29 is 13.2 Å². The van der Waals surface area contributed by atoms with Gasteiger partial charge < -0.3 is 5.32 Å². The van der Waals surface area contributed by atoms with E-state index in [0.29, 0.717) is 28.9 Å². The fourth-order valence-electron chi connectivity index (χ4n) is 5.29. The first kappa shape index (κ1) is 28.9. The van der Waals surface area contributed by atoms with E-state index in [2.05, 4.69) is 31.1 Å². The Hall–Kier alpha value is -2.70. The molecule has 1 aromatic heterocycles. The minimum atomic E-state index is -4.43. The fourth-order valence-corrected chi connectivity index (χ4v) is 5.29. The normalized spacial score (nSPS) is 16.5. The van der Waals surface area contributed by atoms with Crippen molar-refractivity contribution in [2.24, 2.45) is 10.4 Å². The Morgan fingerprint density at radius 2 is 1.70 bits per heavy atom. The van der Waals surface area contributed by atoms with E-state index in [-0.39, 0.29) is 5.41 Å². The molecule has 0 unspecified atom stereocenters. The molecule has 0 spiro atoms. The molecular weight excluding hydrogens is 473 g/mol. The number of allylic oxidation sites excluding steroid dienone is 1. The summed E-state index contributed by atoms with van der Waals surface area (Å²) in [7, 11) is 0. The van der Waals surface area contributed by atoms with Crippen LogP contribution in [0.4, 0.5) is 19.1 Å². The third-order valence-corrected chi connectivity index (χ3v) is 7.55. The first-order chi connectivity index (χ1) is 17.6. The first-order valence-electron chi connectivity index (χ1n) is 13.6. The van der Waals surface area contributed by atoms with Crippen LogP contribution in [0.1, 0.15) is 109 Å². The number of aliphatic imine (C=N–C) groups is 1. The van der Waals surface area contributed by atoms with E-state index < -0.39 is 11.7 Å². The Bertz CT molecular complexity index is 1090. The Morgan fingerprint density at radius 1 is 1.03 bits per heavy atom. The zero-order chi connectivity index (χ0) is 27.1. The van der Waals surface area contributed by atoms with E-state index in [4.69, 9.17) is 9.98 Å². The van der Waals surface area contributed by atoms with Crippen molar-refractivity contribution in [3.63, 3.8) is 0 Å². The van der Waals surface area contributed by atoms with Gasteiger partial charge in [-0.3, -0.25) is 4.99 Å². The molecule has 0 bridgehead atoms. The Kier molecular flexibility index (Phi) is 9.91. The van der Waals surface area contributed by atoms with Crippen LogP contribution in [-0.4, -0.2) is 21.7 Å². The summed E-state index contributed by atoms with van der Waals surface area (Å²) < 4.78 is 40.8. The SMILES string of the molecule is CCCC(C)(CCC)C(C)=N/C(=C(\C)c1ccnc(NC2CCCCC2)n1)c1cccc(C(F)(F)F)c1. The third kappa shape index (κ3) is 7.65. The lowest BCUT2D eigenvalue weighted by atomic mass is 9.77. The first-order valence-corrected chi connectivity index (χ1v) is 13.6. The molecule has 4 nitrogen and oxygen atoms in total. The van der Waals surface area contributed by atoms with E-state index in [1.165, 1.54) is 31.4 Å². The van der Waals surface area contributed by atoms with Gasteiger partial charge in [-0.15, -0.1) is 0 Å². The second-order valence-electron chi connectivity index (χ2n) is 10.6. The van der Waals surface area contributed by atoms with Crippen LogP contribution < -0.4 is 5.32 Å². The summed E-state index contributed by atoms with van der Waals surface area (Å²) in [4.78, 5) is 14.2. The van der Waals surface area contributed by atoms with Crippen LogP contribution in [-0.2, 0) is 6.18 Å². The second-order valence-corrected chi connectivity index (χ2v) is 10.6. The maximum absolute atomic E-state index is 13.6. The summed E-state index contributed by atoms with van der Waals surface area (Å²) in [5.41, 5.74) is 2.45. The Balaban J connectivity index is 2.12. The van der Waals surface area contributed by atoms with Gasteiger partial charge in [0, 0.05) is 34.5 Å². The molecule has 7 heteroatoms. The molecule has 0 atom stereocenters. The predicted molar refractivity (Wildman–Crippen MR) is 147 cm³/mol. The zero-order valence-electron chi connectivity index (χ0n) is 22.9. The third-order valence-electron chi connectivity index (χ3n) is 7.55. The van der Waals surface area contributed by atoms with Crippen LogP contribution in [0.15, 0.2) is 41.5 Å². The molecule has 3 rings (SSSR count). The maximum atomic E-state index is 13.6. The van der Waals surface area contributed by atoms with E-state index in [0.717, 1.165) is 55.9 Å². The summed E-state index contributed by atoms with van der Waals surface area (Å²) in [5.74, 6) is 0.551. The Labute approximate surface area is 219 Å². The second kappa shape index (κ2) is 12.7. The maximum Gasteiger partial charge on any atom is 0.416 e. The molecule has 1 aliphatic rings. The minimum absolute atomic E-state index is 0.129. The molecule has 1 fully saturated rings. The van der Waals surface area contributed by atoms with Gasteiger partial charge in [0.15, 0.2) is 0 Å². The number of nitrogens with one attached hydrogen (secondary N) is 1. The number of nitrogens with zero attached hydrogens (tertiary/aromatic N) is 3. The highest BCUT2D eigenvalue weighted by molar-refractivity contribution is 5.98. The van der Waals surface area contributed by atoms with Crippen molar-refractivity contribution in [1.82, 2.24) is 9.97 Å². The monoisotopic (exact) mass is 514 g/mol. The van der Waals surface area contributed by atoms with Crippen molar-refractivity contribution in [3.8, 4) is 0 Å². The predicted octanol–water partition coefficient (Wildman–Crippen LogP) is 9.20. The molecule has 37 heavy (non-hydrogen) atoms. The Morgan fingerprint density at radius 3 is 2.32 bits per heavy atom. The standard InChI is InChI=1S/C30H41F3N4/c1-6-17-29(5,18-7-2)22(4)35-27(23-12-11-13-24(20-23)30(31,32)33)21(3)26-16-19-34-28(37-26)36-25-14-9-8-10-15-25/h11-13,16,19-20,25H,6-10,14-15,17-18H2,1-5H3,(H,34,36,37)/b27-21+,35-22?. The molecule has 1 aromatic carbocycles. The molecule has 202 valence electrons. The van der Waals surface area contributed by atoms with Crippen LogP contribution in [0.25, 0.3) is 11.3 Å². The van der Waals surface area contributed by atoms with E-state index in [1.807, 2.05) is 13.8 Å². The average molecular weight is 515 g/mol. The van der Waals surface area contributed by atoms with Crippen molar-refractivity contribution in [1.29, 1.82) is 0 Å². The fraction of sp³-hybridized carbons (Fsp3) is 0.567. The summed E-state index contributed by atoms with van der Waals surface area (Å²) in [6.45, 7) is 10.4. The van der Waals surface area contributed by atoms with Crippen LogP contribution in [0, 0.1) is 5.41 Å². The zero-order valence-corrected chi connectivity index (χ0v) is 22.9. The summed E-state index contributed by atoms with van der Waals surface area (Å²) in [6.07, 6.45) is 7.05. The van der Waals surface area contributed by atoms with Gasteiger partial charge in [-0.1, -0.05) is 65.0 Å². The van der Waals surface area contributed by atoms with Crippen molar-refractivity contribution in [3.05, 3.63) is 53.3 Å². The van der Waals surface area contributed by atoms with Gasteiger partial charge in [0.1, 0.15) is 0 Å². The van der Waals surface area contributed by atoms with Crippen molar-refractivity contribution >= 4 is 22.9 Å². The quantitative estimate of drug-likeness (QED) is 0.322. The van der Waals surface area contributed by atoms with Gasteiger partial charge in [0.05, 0.1) is 17.0 Å². The molecule has 1 N–H and O–H groups in total. The van der Waals surface area contributed by atoms with Gasteiger partial charge in [-0.05, 0) is 57.7 Å². The molecule has 0 amide bonds. The summed E-state index contributed by atoms with van der Waals surface area (Å²) >= 11 is 0. The highest BCUT2D eigenvalue weighted by Gasteiger charge is 2.31. The largest absolute Gasteiger partial charge is 0.416 e. The van der Waals surface area contributed by atoms with E-state index in [9.17, 15) is 13.2 Å². The van der Waals surface area contributed by atoms with Gasteiger partial charge in [0.2, 0.25) is 5.95 Å². The van der Waals surface area contributed by atoms with E-state index >= 15 is 0 Å². The van der Waals surface area contributed by atoms with Crippen LogP contribution in [0.2, 0.25) is 0 Å². The molecule has 1 heterocycles. The van der Waals surface area contributed by atoms with Crippen molar-refractivity contribution in [2.75, 3.05) is 5.32 Å². The lowest BCUT2D eigenvalue weighted by Crippen LogP contribution is -2.25. The molecule has 0 saturated heterocycles. The smallest absolute Gasteiger partial charge is 0.351 e. The summed E-state index contributed by atoms with van der Waals surface area (Å²) in [5, 5.41) is 3.45. The minimum Gasteiger partial charge on any atom is -0.351 e. The molecule has 0 aliphatic heterocycles. The van der Waals surface area contributed by atoms with Gasteiger partial charge in [-0.2, -0.15) is 13.2 Å². The molecule has 2 aromatic rings.